The summed E-state index contributed by atoms with van der Waals surface area (Å²) in [6.45, 7) is 5.77. The summed E-state index contributed by atoms with van der Waals surface area (Å²) in [4.78, 5) is 12.5. The quantitative estimate of drug-likeness (QED) is 0.510. The lowest BCUT2D eigenvalue weighted by Crippen LogP contribution is -2.34. The maximum atomic E-state index is 11.5. The second kappa shape index (κ2) is 9.07. The Balaban J connectivity index is 0.00000121. The third kappa shape index (κ3) is 5.24. The minimum atomic E-state index is -0.292. The van der Waals surface area contributed by atoms with E-state index in [0.717, 1.165) is 4.90 Å². The van der Waals surface area contributed by atoms with Crippen LogP contribution < -0.4 is 10.1 Å². The number of carbonyl (C=O) groups is 1. The molecule has 0 saturated carbocycles. The van der Waals surface area contributed by atoms with Crippen LogP contribution in [-0.4, -0.2) is 25.3 Å². The van der Waals surface area contributed by atoms with E-state index in [-0.39, 0.29) is 12.0 Å². The first-order valence-electron chi connectivity index (χ1n) is 5.71. The van der Waals surface area contributed by atoms with Gasteiger partial charge in [0.25, 0.3) is 0 Å². The maximum Gasteiger partial charge on any atom is 0.328 e. The van der Waals surface area contributed by atoms with Crippen molar-refractivity contribution in [3.05, 3.63) is 24.3 Å². The molecule has 0 aliphatic heterocycles. The molecular formula is C13H21NO2S. The van der Waals surface area contributed by atoms with Crippen molar-refractivity contribution in [2.75, 3.05) is 13.3 Å². The van der Waals surface area contributed by atoms with E-state index in [1.165, 1.54) is 0 Å². The highest BCUT2D eigenvalue weighted by Crippen LogP contribution is 2.26. The lowest BCUT2D eigenvalue weighted by Gasteiger charge is -2.11. The number of para-hydroxylation sites is 1. The monoisotopic (exact) mass is 255 g/mol. The summed E-state index contributed by atoms with van der Waals surface area (Å²) in [5.41, 5.74) is 0. The predicted octanol–water partition coefficient (Wildman–Crippen LogP) is 2.95. The van der Waals surface area contributed by atoms with Gasteiger partial charge >= 0.3 is 5.97 Å². The van der Waals surface area contributed by atoms with Gasteiger partial charge in [0.15, 0.2) is 0 Å². The van der Waals surface area contributed by atoms with Crippen LogP contribution in [0.15, 0.2) is 29.2 Å². The van der Waals surface area contributed by atoms with Crippen molar-refractivity contribution in [3.8, 4) is 5.75 Å². The number of thioether (sulfide) groups is 1. The maximum absolute atomic E-state index is 11.5. The van der Waals surface area contributed by atoms with Crippen LogP contribution in [0, 0.1) is 0 Å². The van der Waals surface area contributed by atoms with Crippen LogP contribution in [-0.2, 0) is 4.79 Å². The molecule has 0 saturated heterocycles. The van der Waals surface area contributed by atoms with Crippen molar-refractivity contribution in [3.63, 3.8) is 0 Å². The minimum absolute atomic E-state index is 0.265. The molecule has 0 fully saturated rings. The first kappa shape index (κ1) is 16.0. The molecule has 3 nitrogen and oxygen atoms in total. The molecule has 0 spiro atoms. The van der Waals surface area contributed by atoms with Gasteiger partial charge in [0.2, 0.25) is 0 Å². The van der Waals surface area contributed by atoms with Crippen LogP contribution in [0.25, 0.3) is 0 Å². The fraction of sp³-hybridized carbons (Fsp3) is 0.462. The molecule has 0 amide bonds. The molecule has 1 aromatic carbocycles. The summed E-state index contributed by atoms with van der Waals surface area (Å²) >= 11 is 1.56. The third-order valence-corrected chi connectivity index (χ3v) is 2.84. The standard InChI is InChI=1S/C11H15NO2S.C2H6/c1-8(12-2)11(13)14-9-6-4-5-7-10(9)15-3;1-2/h4-8,12H,1-3H3;1-2H3/t8-;/m0./s1. The lowest BCUT2D eigenvalue weighted by molar-refractivity contribution is -0.136. The molecule has 0 aliphatic rings. The average Bonchev–Trinajstić information content (AvgIpc) is 2.40. The van der Waals surface area contributed by atoms with Crippen LogP contribution in [0.5, 0.6) is 5.75 Å². The molecule has 0 aliphatic carbocycles. The fourth-order valence-corrected chi connectivity index (χ4v) is 1.54. The Hall–Kier alpha value is -1.00. The Bertz CT molecular complexity index is 342. The van der Waals surface area contributed by atoms with Crippen LogP contribution in [0.2, 0.25) is 0 Å². The molecule has 0 unspecified atom stereocenters. The first-order valence-corrected chi connectivity index (χ1v) is 6.93. The van der Waals surface area contributed by atoms with Gasteiger partial charge < -0.3 is 10.1 Å². The van der Waals surface area contributed by atoms with E-state index in [9.17, 15) is 4.79 Å². The van der Waals surface area contributed by atoms with Gasteiger partial charge in [-0.15, -0.1) is 11.8 Å². The Morgan fingerprint density at radius 1 is 1.35 bits per heavy atom. The number of benzene rings is 1. The van der Waals surface area contributed by atoms with Gasteiger partial charge in [0, 0.05) is 4.90 Å². The average molecular weight is 255 g/mol. The molecule has 0 bridgehead atoms. The van der Waals surface area contributed by atoms with E-state index in [1.807, 2.05) is 38.3 Å². The van der Waals surface area contributed by atoms with E-state index in [2.05, 4.69) is 5.32 Å². The molecule has 0 radical (unpaired) electrons. The van der Waals surface area contributed by atoms with Crippen molar-refractivity contribution < 1.29 is 9.53 Å². The predicted molar refractivity (Wildman–Crippen MR) is 73.7 cm³/mol. The lowest BCUT2D eigenvalue weighted by atomic mass is 10.3. The number of likely N-dealkylation sites (N-methyl/N-ethyl adjacent to an activating group) is 1. The van der Waals surface area contributed by atoms with Gasteiger partial charge in [-0.25, -0.2) is 4.79 Å². The Labute approximate surface area is 108 Å². The number of nitrogens with one attached hydrogen (secondary N) is 1. The molecule has 96 valence electrons. The second-order valence-electron chi connectivity index (χ2n) is 3.08. The van der Waals surface area contributed by atoms with Gasteiger partial charge in [-0.3, -0.25) is 0 Å². The molecule has 1 aromatic rings. The number of hydrogen-bond acceptors (Lipinski definition) is 4. The SMILES string of the molecule is CC.CN[C@@H](C)C(=O)Oc1ccccc1SC. The van der Waals surface area contributed by atoms with Gasteiger partial charge in [-0.05, 0) is 32.4 Å². The topological polar surface area (TPSA) is 38.3 Å². The van der Waals surface area contributed by atoms with Crippen LogP contribution >= 0.6 is 11.8 Å². The van der Waals surface area contributed by atoms with Crippen LogP contribution in [0.1, 0.15) is 20.8 Å². The molecule has 1 rings (SSSR count). The summed E-state index contributed by atoms with van der Waals surface area (Å²) in [5, 5.41) is 2.84. The second-order valence-corrected chi connectivity index (χ2v) is 3.93. The van der Waals surface area contributed by atoms with Gasteiger partial charge in [0.1, 0.15) is 11.8 Å². The molecular weight excluding hydrogens is 234 g/mol. The third-order valence-electron chi connectivity index (χ3n) is 2.07. The molecule has 4 heteroatoms. The van der Waals surface area contributed by atoms with Crippen molar-refractivity contribution in [2.24, 2.45) is 0 Å². The van der Waals surface area contributed by atoms with Crippen molar-refractivity contribution >= 4 is 17.7 Å². The minimum Gasteiger partial charge on any atom is -0.424 e. The van der Waals surface area contributed by atoms with Crippen molar-refractivity contribution in [1.29, 1.82) is 0 Å². The number of ether oxygens (including phenoxy) is 1. The van der Waals surface area contributed by atoms with Crippen molar-refractivity contribution in [1.82, 2.24) is 5.32 Å². The molecule has 0 aromatic heterocycles. The Morgan fingerprint density at radius 3 is 2.47 bits per heavy atom. The normalized spacial score (nSPS) is 11.1. The number of esters is 1. The molecule has 17 heavy (non-hydrogen) atoms. The largest absolute Gasteiger partial charge is 0.424 e. The summed E-state index contributed by atoms with van der Waals surface area (Å²) in [7, 11) is 1.73. The Kier molecular flexibility index (Phi) is 8.54. The van der Waals surface area contributed by atoms with Crippen LogP contribution in [0.4, 0.5) is 0 Å². The molecule has 1 atom stereocenters. The highest BCUT2D eigenvalue weighted by atomic mass is 32.2. The summed E-state index contributed by atoms with van der Waals surface area (Å²) in [6.07, 6.45) is 1.95. The zero-order valence-electron chi connectivity index (χ0n) is 11.1. The van der Waals surface area contributed by atoms with E-state index in [1.54, 1.807) is 31.8 Å². The highest BCUT2D eigenvalue weighted by molar-refractivity contribution is 7.98. The highest BCUT2D eigenvalue weighted by Gasteiger charge is 2.14. The Morgan fingerprint density at radius 2 is 1.94 bits per heavy atom. The fourth-order valence-electron chi connectivity index (χ4n) is 1.02. The van der Waals surface area contributed by atoms with Crippen molar-refractivity contribution in [2.45, 2.75) is 31.7 Å². The number of carbonyl (C=O) groups excluding carboxylic acids is 1. The van der Waals surface area contributed by atoms with Gasteiger partial charge in [-0.1, -0.05) is 26.0 Å². The summed E-state index contributed by atoms with van der Waals surface area (Å²) in [5.74, 6) is 0.358. The van der Waals surface area contributed by atoms with E-state index < -0.39 is 0 Å². The number of hydrogen-bond donors (Lipinski definition) is 1. The molecule has 0 heterocycles. The van der Waals surface area contributed by atoms with E-state index in [4.69, 9.17) is 4.74 Å². The van der Waals surface area contributed by atoms with E-state index >= 15 is 0 Å². The number of rotatable bonds is 4. The van der Waals surface area contributed by atoms with E-state index in [0.29, 0.717) is 5.75 Å². The van der Waals surface area contributed by atoms with Gasteiger partial charge in [-0.2, -0.15) is 0 Å². The zero-order valence-corrected chi connectivity index (χ0v) is 11.9. The van der Waals surface area contributed by atoms with Crippen LogP contribution in [0.3, 0.4) is 0 Å². The smallest absolute Gasteiger partial charge is 0.328 e. The first-order chi connectivity index (χ1) is 8.19. The van der Waals surface area contributed by atoms with Gasteiger partial charge in [0.05, 0.1) is 0 Å². The zero-order chi connectivity index (χ0) is 13.3. The summed E-state index contributed by atoms with van der Waals surface area (Å²) in [6, 6.07) is 7.21. The summed E-state index contributed by atoms with van der Waals surface area (Å²) < 4.78 is 5.27. The molecule has 1 N–H and O–H groups in total.